The first-order valence-electron chi connectivity index (χ1n) is 7.66. The summed E-state index contributed by atoms with van der Waals surface area (Å²) in [6.45, 7) is 2.61. The van der Waals surface area contributed by atoms with Gasteiger partial charge >= 0.3 is 6.03 Å². The van der Waals surface area contributed by atoms with Crippen molar-refractivity contribution in [2.75, 3.05) is 25.0 Å². The van der Waals surface area contributed by atoms with Gasteiger partial charge in [0.05, 0.1) is 18.6 Å². The van der Waals surface area contributed by atoms with Crippen LogP contribution >= 0.6 is 0 Å². The molecule has 23 heavy (non-hydrogen) atoms. The van der Waals surface area contributed by atoms with E-state index in [0.717, 1.165) is 12.8 Å². The van der Waals surface area contributed by atoms with Crippen LogP contribution in [-0.4, -0.2) is 35.7 Å². The first kappa shape index (κ1) is 17.0. The standard InChI is InChI=1S/C17H21FN2O3/c1-2-3-8-20(9-10-21)17(22)19-15-12-13(6-7-14(15)18)16-5-4-11-23-16/h4-7,11-12,21H,2-3,8-10H2,1H3,(H,19,22). The minimum atomic E-state index is -0.520. The molecular weight excluding hydrogens is 299 g/mol. The van der Waals surface area contributed by atoms with Crippen LogP contribution in [0.1, 0.15) is 19.8 Å². The van der Waals surface area contributed by atoms with E-state index in [1.54, 1.807) is 18.2 Å². The summed E-state index contributed by atoms with van der Waals surface area (Å²) in [5.41, 5.74) is 0.761. The fourth-order valence-electron chi connectivity index (χ4n) is 2.20. The van der Waals surface area contributed by atoms with Crippen molar-refractivity contribution in [3.05, 3.63) is 42.4 Å². The number of halogens is 1. The third-order valence-electron chi connectivity index (χ3n) is 3.45. The van der Waals surface area contributed by atoms with E-state index in [9.17, 15) is 9.18 Å². The van der Waals surface area contributed by atoms with Crippen molar-refractivity contribution in [1.82, 2.24) is 4.90 Å². The van der Waals surface area contributed by atoms with Gasteiger partial charge in [-0.15, -0.1) is 0 Å². The summed E-state index contributed by atoms with van der Waals surface area (Å²) < 4.78 is 19.2. The van der Waals surface area contributed by atoms with E-state index >= 15 is 0 Å². The lowest BCUT2D eigenvalue weighted by Gasteiger charge is -2.22. The number of carbonyl (C=O) groups excluding carboxylic acids is 1. The Morgan fingerprint density at radius 1 is 1.35 bits per heavy atom. The van der Waals surface area contributed by atoms with Crippen molar-refractivity contribution < 1.29 is 18.7 Å². The molecule has 0 aliphatic heterocycles. The Hall–Kier alpha value is -2.34. The zero-order valence-electron chi connectivity index (χ0n) is 13.1. The SMILES string of the molecule is CCCCN(CCO)C(=O)Nc1cc(-c2ccco2)ccc1F. The quantitative estimate of drug-likeness (QED) is 0.817. The van der Waals surface area contributed by atoms with E-state index in [0.29, 0.717) is 17.9 Å². The second-order valence-electron chi connectivity index (χ2n) is 5.17. The van der Waals surface area contributed by atoms with Gasteiger partial charge in [0.1, 0.15) is 11.6 Å². The lowest BCUT2D eigenvalue weighted by atomic mass is 10.1. The second kappa shape index (κ2) is 8.33. The fourth-order valence-corrected chi connectivity index (χ4v) is 2.20. The maximum Gasteiger partial charge on any atom is 0.322 e. The highest BCUT2D eigenvalue weighted by Gasteiger charge is 2.15. The predicted molar refractivity (Wildman–Crippen MR) is 86.7 cm³/mol. The highest BCUT2D eigenvalue weighted by molar-refractivity contribution is 5.90. The van der Waals surface area contributed by atoms with Gasteiger partial charge in [0, 0.05) is 18.7 Å². The molecular formula is C17H21FN2O3. The third kappa shape index (κ3) is 4.56. The Morgan fingerprint density at radius 2 is 2.17 bits per heavy atom. The summed E-state index contributed by atoms with van der Waals surface area (Å²) in [4.78, 5) is 13.7. The van der Waals surface area contributed by atoms with Gasteiger partial charge in [-0.3, -0.25) is 0 Å². The highest BCUT2D eigenvalue weighted by atomic mass is 19.1. The van der Waals surface area contributed by atoms with Gasteiger partial charge in [-0.25, -0.2) is 9.18 Å². The molecule has 0 atom stereocenters. The largest absolute Gasteiger partial charge is 0.464 e. The zero-order chi connectivity index (χ0) is 16.7. The number of unbranched alkanes of at least 4 members (excludes halogenated alkanes) is 1. The molecule has 1 heterocycles. The molecule has 0 fully saturated rings. The molecule has 2 aromatic rings. The molecule has 2 amide bonds. The molecule has 0 aliphatic rings. The van der Waals surface area contributed by atoms with Crippen molar-refractivity contribution in [3.8, 4) is 11.3 Å². The lowest BCUT2D eigenvalue weighted by Crippen LogP contribution is -2.37. The number of benzene rings is 1. The van der Waals surface area contributed by atoms with Gasteiger partial charge in [0.25, 0.3) is 0 Å². The smallest absolute Gasteiger partial charge is 0.322 e. The van der Waals surface area contributed by atoms with Crippen molar-refractivity contribution in [1.29, 1.82) is 0 Å². The molecule has 6 heteroatoms. The van der Waals surface area contributed by atoms with E-state index < -0.39 is 11.8 Å². The number of aliphatic hydroxyl groups excluding tert-OH is 1. The van der Waals surface area contributed by atoms with Crippen LogP contribution in [0.4, 0.5) is 14.9 Å². The number of urea groups is 1. The molecule has 0 bridgehead atoms. The van der Waals surface area contributed by atoms with Gasteiger partial charge in [0.2, 0.25) is 0 Å². The number of hydrogen-bond acceptors (Lipinski definition) is 3. The van der Waals surface area contributed by atoms with Crippen LogP contribution < -0.4 is 5.32 Å². The molecule has 0 spiro atoms. The number of amides is 2. The van der Waals surface area contributed by atoms with Crippen molar-refractivity contribution in [2.24, 2.45) is 0 Å². The maximum atomic E-state index is 14.0. The van der Waals surface area contributed by atoms with Gasteiger partial charge in [-0.05, 0) is 36.8 Å². The molecule has 124 valence electrons. The number of anilines is 1. The third-order valence-corrected chi connectivity index (χ3v) is 3.45. The minimum absolute atomic E-state index is 0.0864. The van der Waals surface area contributed by atoms with E-state index in [-0.39, 0.29) is 18.8 Å². The topological polar surface area (TPSA) is 65.7 Å². The molecule has 1 aromatic carbocycles. The van der Waals surface area contributed by atoms with Crippen molar-refractivity contribution in [3.63, 3.8) is 0 Å². The normalized spacial score (nSPS) is 10.6. The number of nitrogens with zero attached hydrogens (tertiary/aromatic N) is 1. The Morgan fingerprint density at radius 3 is 2.83 bits per heavy atom. The number of rotatable bonds is 7. The van der Waals surface area contributed by atoms with Crippen LogP contribution in [0.15, 0.2) is 41.0 Å². The van der Waals surface area contributed by atoms with Crippen molar-refractivity contribution in [2.45, 2.75) is 19.8 Å². The summed E-state index contributed by atoms with van der Waals surface area (Å²) in [5.74, 6) is 0.0757. The Labute approximate surface area is 134 Å². The van der Waals surface area contributed by atoms with Crippen LogP contribution in [0, 0.1) is 5.82 Å². The van der Waals surface area contributed by atoms with Gasteiger partial charge in [-0.2, -0.15) is 0 Å². The number of furan rings is 1. The van der Waals surface area contributed by atoms with E-state index in [4.69, 9.17) is 9.52 Å². The average molecular weight is 320 g/mol. The fraction of sp³-hybridized carbons (Fsp3) is 0.353. The molecule has 2 rings (SSSR count). The minimum Gasteiger partial charge on any atom is -0.464 e. The van der Waals surface area contributed by atoms with Gasteiger partial charge < -0.3 is 19.7 Å². The first-order valence-corrected chi connectivity index (χ1v) is 7.66. The molecule has 0 saturated heterocycles. The number of nitrogens with one attached hydrogen (secondary N) is 1. The predicted octanol–water partition coefficient (Wildman–Crippen LogP) is 3.71. The monoisotopic (exact) mass is 320 g/mol. The molecule has 0 radical (unpaired) electrons. The van der Waals surface area contributed by atoms with Crippen LogP contribution in [0.2, 0.25) is 0 Å². The molecule has 0 saturated carbocycles. The van der Waals surface area contributed by atoms with Crippen LogP contribution in [0.3, 0.4) is 0 Å². The lowest BCUT2D eigenvalue weighted by molar-refractivity contribution is 0.187. The molecule has 1 aromatic heterocycles. The van der Waals surface area contributed by atoms with Gasteiger partial charge in [0.15, 0.2) is 0 Å². The Bertz CT molecular complexity index is 629. The summed E-state index contributed by atoms with van der Waals surface area (Å²) >= 11 is 0. The maximum absolute atomic E-state index is 14.0. The Balaban J connectivity index is 2.14. The Kier molecular flexibility index (Phi) is 6.17. The molecule has 2 N–H and O–H groups in total. The number of aliphatic hydroxyl groups is 1. The van der Waals surface area contributed by atoms with Crippen LogP contribution in [-0.2, 0) is 0 Å². The van der Waals surface area contributed by atoms with E-state index in [1.807, 2.05) is 6.92 Å². The van der Waals surface area contributed by atoms with Crippen LogP contribution in [0.5, 0.6) is 0 Å². The number of hydrogen-bond donors (Lipinski definition) is 2. The molecule has 0 aliphatic carbocycles. The zero-order valence-corrected chi connectivity index (χ0v) is 13.1. The second-order valence-corrected chi connectivity index (χ2v) is 5.17. The summed E-state index contributed by atoms with van der Waals surface area (Å²) in [5, 5.41) is 11.6. The van der Waals surface area contributed by atoms with Crippen LogP contribution in [0.25, 0.3) is 11.3 Å². The first-order chi connectivity index (χ1) is 11.2. The molecule has 0 unspecified atom stereocenters. The van der Waals surface area contributed by atoms with Crippen molar-refractivity contribution >= 4 is 11.7 Å². The summed E-state index contributed by atoms with van der Waals surface area (Å²) in [7, 11) is 0. The van der Waals surface area contributed by atoms with Gasteiger partial charge in [-0.1, -0.05) is 13.3 Å². The highest BCUT2D eigenvalue weighted by Crippen LogP contribution is 2.25. The number of carbonyl (C=O) groups is 1. The summed E-state index contributed by atoms with van der Waals surface area (Å²) in [6, 6.07) is 7.48. The van der Waals surface area contributed by atoms with E-state index in [2.05, 4.69) is 5.32 Å². The summed E-state index contributed by atoms with van der Waals surface area (Å²) in [6.07, 6.45) is 3.28. The average Bonchev–Trinajstić information content (AvgIpc) is 3.08. The molecule has 5 nitrogen and oxygen atoms in total. The van der Waals surface area contributed by atoms with E-state index in [1.165, 1.54) is 23.3 Å².